The van der Waals surface area contributed by atoms with Gasteiger partial charge in [-0.2, -0.15) is 0 Å². The number of hydrogen-bond acceptors (Lipinski definition) is 7. The lowest BCUT2D eigenvalue weighted by Crippen LogP contribution is -2.59. The topological polar surface area (TPSA) is 141 Å². The van der Waals surface area contributed by atoms with Crippen LogP contribution in [0.5, 0.6) is 5.75 Å². The Morgan fingerprint density at radius 2 is 1.82 bits per heavy atom. The Morgan fingerprint density at radius 3 is 2.39 bits per heavy atom. The van der Waals surface area contributed by atoms with E-state index >= 15 is 0 Å². The number of rotatable bonds is 7. The van der Waals surface area contributed by atoms with Crippen molar-refractivity contribution in [2.45, 2.75) is 63.4 Å². The second kappa shape index (κ2) is 9.99. The molecule has 6 N–H and O–H groups in total. The number of carboxylic acids is 1. The highest BCUT2D eigenvalue weighted by atomic mass is 32.1. The van der Waals surface area contributed by atoms with E-state index in [0.717, 1.165) is 5.69 Å². The predicted molar refractivity (Wildman–Crippen MR) is 105 cm³/mol. The lowest BCUT2D eigenvalue weighted by atomic mass is 9.96. The molecule has 0 aromatic heterocycles. The normalized spacial score (nSPS) is 27.3. The van der Waals surface area contributed by atoms with Crippen molar-refractivity contribution in [3.05, 3.63) is 24.3 Å². The van der Waals surface area contributed by atoms with E-state index in [2.05, 4.69) is 10.6 Å². The number of benzene rings is 1. The number of carbonyl (C=O) groups is 1. The van der Waals surface area contributed by atoms with Crippen LogP contribution in [0.1, 0.15) is 26.7 Å². The molecular weight excluding hydrogens is 388 g/mol. The van der Waals surface area contributed by atoms with Crippen LogP contribution in [0.15, 0.2) is 24.3 Å². The number of aliphatic hydroxyl groups excluding tert-OH is 3. The van der Waals surface area contributed by atoms with Gasteiger partial charge in [-0.15, -0.1) is 0 Å². The van der Waals surface area contributed by atoms with E-state index in [1.165, 1.54) is 0 Å². The molecule has 0 unspecified atom stereocenters. The summed E-state index contributed by atoms with van der Waals surface area (Å²) in [6.07, 6.45) is -6.91. The number of anilines is 1. The molecule has 0 aliphatic carbocycles. The summed E-state index contributed by atoms with van der Waals surface area (Å²) in [5.74, 6) is -0.695. The Labute approximate surface area is 168 Å². The molecule has 28 heavy (non-hydrogen) atoms. The van der Waals surface area contributed by atoms with Gasteiger partial charge < -0.3 is 40.5 Å². The zero-order valence-corrected chi connectivity index (χ0v) is 16.4. The van der Waals surface area contributed by atoms with Crippen LogP contribution in [0.3, 0.4) is 0 Å². The Morgan fingerprint density at radius 1 is 1.18 bits per heavy atom. The monoisotopic (exact) mass is 414 g/mol. The van der Waals surface area contributed by atoms with Crippen molar-refractivity contribution in [2.75, 3.05) is 5.32 Å². The van der Waals surface area contributed by atoms with Crippen LogP contribution in [0.2, 0.25) is 0 Å². The first-order valence-electron chi connectivity index (χ1n) is 8.93. The molecule has 156 valence electrons. The van der Waals surface area contributed by atoms with E-state index in [-0.39, 0.29) is 18.9 Å². The average molecular weight is 414 g/mol. The summed E-state index contributed by atoms with van der Waals surface area (Å²) < 4.78 is 11.1. The summed E-state index contributed by atoms with van der Waals surface area (Å²) >= 11 is 5.17. The maximum absolute atomic E-state index is 10.7. The molecule has 1 saturated heterocycles. The predicted octanol–water partition coefficient (Wildman–Crippen LogP) is 0.433. The van der Waals surface area contributed by atoms with Crippen LogP contribution in [-0.2, 0) is 9.53 Å². The molecule has 1 aliphatic heterocycles. The fourth-order valence-corrected chi connectivity index (χ4v) is 3.05. The molecule has 0 amide bonds. The third kappa shape index (κ3) is 6.28. The van der Waals surface area contributed by atoms with Crippen LogP contribution in [-0.4, -0.2) is 68.3 Å². The molecule has 0 radical (unpaired) electrons. The van der Waals surface area contributed by atoms with Gasteiger partial charge >= 0.3 is 5.97 Å². The molecule has 9 nitrogen and oxygen atoms in total. The van der Waals surface area contributed by atoms with Crippen molar-refractivity contribution < 1.29 is 34.7 Å². The number of carboxylic acid groups (broad SMARTS) is 1. The Kier molecular flexibility index (Phi) is 7.96. The van der Waals surface area contributed by atoms with Crippen LogP contribution < -0.4 is 15.4 Å². The standard InChI is InChI=1S/C18H26N2O7S/c1-9(2)19-18(28)20-10-3-5-11(6-4-10)26-17-16(25)15(24)14(23)12(27-17)7-8-13(21)22/h3-6,9,12,14-17,23-25H,7-8H2,1-2H3,(H,21,22)(H2,19,20,28)/t12-,14-,15+,16+,17+/m1/s1. The van der Waals surface area contributed by atoms with Crippen LogP contribution in [0.25, 0.3) is 0 Å². The van der Waals surface area contributed by atoms with E-state index in [1.54, 1.807) is 24.3 Å². The number of aliphatic carboxylic acids is 1. The van der Waals surface area contributed by atoms with Crippen molar-refractivity contribution in [1.29, 1.82) is 0 Å². The fourth-order valence-electron chi connectivity index (χ4n) is 2.70. The van der Waals surface area contributed by atoms with Crippen LogP contribution in [0, 0.1) is 0 Å². The van der Waals surface area contributed by atoms with Crippen molar-refractivity contribution in [3.8, 4) is 5.75 Å². The largest absolute Gasteiger partial charge is 0.481 e. The van der Waals surface area contributed by atoms with Crippen LogP contribution in [0.4, 0.5) is 5.69 Å². The van der Waals surface area contributed by atoms with Gasteiger partial charge in [-0.1, -0.05) is 0 Å². The molecule has 2 rings (SSSR count). The van der Waals surface area contributed by atoms with E-state index in [0.29, 0.717) is 10.9 Å². The molecule has 1 aliphatic rings. The van der Waals surface area contributed by atoms with Crippen molar-refractivity contribution >= 4 is 29.0 Å². The first kappa shape index (κ1) is 22.3. The molecule has 1 aromatic carbocycles. The first-order chi connectivity index (χ1) is 13.2. The zero-order valence-electron chi connectivity index (χ0n) is 15.6. The second-order valence-electron chi connectivity index (χ2n) is 6.84. The number of aliphatic hydroxyl groups is 3. The molecular formula is C18H26N2O7S. The number of thiocarbonyl (C=S) groups is 1. The Bertz CT molecular complexity index is 670. The molecule has 5 atom stereocenters. The minimum Gasteiger partial charge on any atom is -0.481 e. The smallest absolute Gasteiger partial charge is 0.303 e. The van der Waals surface area contributed by atoms with Gasteiger partial charge in [-0.05, 0) is 56.8 Å². The van der Waals surface area contributed by atoms with Gasteiger partial charge in [0.2, 0.25) is 6.29 Å². The number of nitrogens with one attached hydrogen (secondary N) is 2. The molecule has 0 saturated carbocycles. The maximum atomic E-state index is 10.7. The van der Waals surface area contributed by atoms with Crippen LogP contribution >= 0.6 is 12.2 Å². The molecule has 1 heterocycles. The highest BCUT2D eigenvalue weighted by Gasteiger charge is 2.44. The van der Waals surface area contributed by atoms with E-state index in [9.17, 15) is 20.1 Å². The summed E-state index contributed by atoms with van der Waals surface area (Å²) in [5.41, 5.74) is 0.727. The zero-order chi connectivity index (χ0) is 20.8. The molecule has 1 fully saturated rings. The van der Waals surface area contributed by atoms with E-state index in [1.807, 2.05) is 13.8 Å². The average Bonchev–Trinajstić information content (AvgIpc) is 2.62. The minimum atomic E-state index is -1.52. The molecule has 0 bridgehead atoms. The lowest BCUT2D eigenvalue weighted by Gasteiger charge is -2.40. The van der Waals surface area contributed by atoms with Crippen molar-refractivity contribution in [1.82, 2.24) is 5.32 Å². The first-order valence-corrected chi connectivity index (χ1v) is 9.34. The summed E-state index contributed by atoms with van der Waals surface area (Å²) in [6, 6.07) is 6.88. The lowest BCUT2D eigenvalue weighted by molar-refractivity contribution is -0.273. The van der Waals surface area contributed by atoms with Gasteiger partial charge in [0.15, 0.2) is 5.11 Å². The number of ether oxygens (including phenoxy) is 2. The summed E-state index contributed by atoms with van der Waals surface area (Å²) in [4.78, 5) is 10.7. The Hall–Kier alpha value is -1.98. The summed E-state index contributed by atoms with van der Waals surface area (Å²) in [5, 5.41) is 45.4. The Balaban J connectivity index is 1.98. The SMILES string of the molecule is CC(C)NC(=S)Nc1ccc(O[C@H]2O[C@H](CCC(=O)O)[C@@H](O)[C@H](O)[C@@H]2O)cc1. The highest BCUT2D eigenvalue weighted by Crippen LogP contribution is 2.27. The van der Waals surface area contributed by atoms with Crippen molar-refractivity contribution in [3.63, 3.8) is 0 Å². The highest BCUT2D eigenvalue weighted by molar-refractivity contribution is 7.80. The van der Waals surface area contributed by atoms with Gasteiger partial charge in [0.05, 0.1) is 6.10 Å². The third-order valence-electron chi connectivity index (χ3n) is 4.10. The van der Waals surface area contributed by atoms with Crippen molar-refractivity contribution in [2.24, 2.45) is 0 Å². The fraction of sp³-hybridized carbons (Fsp3) is 0.556. The van der Waals surface area contributed by atoms with Gasteiger partial charge in [0.1, 0.15) is 24.1 Å². The summed E-state index contributed by atoms with van der Waals surface area (Å²) in [6.45, 7) is 3.94. The van der Waals surface area contributed by atoms with Gasteiger partial charge in [0, 0.05) is 18.2 Å². The number of hydrogen-bond donors (Lipinski definition) is 6. The molecule has 0 spiro atoms. The quantitative estimate of drug-likeness (QED) is 0.348. The van der Waals surface area contributed by atoms with Gasteiger partial charge in [-0.3, -0.25) is 4.79 Å². The van der Waals surface area contributed by atoms with Gasteiger partial charge in [-0.25, -0.2) is 0 Å². The summed E-state index contributed by atoms with van der Waals surface area (Å²) in [7, 11) is 0. The second-order valence-corrected chi connectivity index (χ2v) is 7.25. The van der Waals surface area contributed by atoms with E-state index in [4.69, 9.17) is 26.8 Å². The minimum absolute atomic E-state index is 0.0245. The maximum Gasteiger partial charge on any atom is 0.303 e. The molecule has 10 heteroatoms. The van der Waals surface area contributed by atoms with Gasteiger partial charge in [0.25, 0.3) is 0 Å². The van der Waals surface area contributed by atoms with E-state index < -0.39 is 36.7 Å². The molecule has 1 aromatic rings. The third-order valence-corrected chi connectivity index (χ3v) is 4.32.